The largest absolute Gasteiger partial charge is 0.478 e. The van der Waals surface area contributed by atoms with E-state index in [4.69, 9.17) is 15.1 Å². The number of nitrogens with zero attached hydrogens (tertiary/aromatic N) is 2. The maximum Gasteiger partial charge on any atom is 0.335 e. The van der Waals surface area contributed by atoms with Crippen LogP contribution in [-0.4, -0.2) is 22.0 Å². The summed E-state index contributed by atoms with van der Waals surface area (Å²) < 4.78 is 18.6. The number of aromatic carboxylic acids is 1. The monoisotopic (exact) mass is 391 g/mol. The molecule has 0 radical (unpaired) electrons. The summed E-state index contributed by atoms with van der Waals surface area (Å²) in [6.07, 6.45) is 1.26. The third-order valence-electron chi connectivity index (χ3n) is 3.91. The Morgan fingerprint density at radius 3 is 2.45 bits per heavy atom. The highest BCUT2D eigenvalue weighted by molar-refractivity contribution is 5.96. The maximum atomic E-state index is 13.1. The summed E-state index contributed by atoms with van der Waals surface area (Å²) in [5.41, 5.74) is 1.04. The summed E-state index contributed by atoms with van der Waals surface area (Å²) >= 11 is 0. The molecule has 0 aliphatic carbocycles. The summed E-state index contributed by atoms with van der Waals surface area (Å²) in [4.78, 5) is 27.5. The second-order valence-corrected chi connectivity index (χ2v) is 5.93. The predicted octanol–water partition coefficient (Wildman–Crippen LogP) is 3.51. The standard InChI is InChI=1S/C21H14FN3O4/c22-16-5-7-17(8-6-16)29-20-18(9-14(10-23)12-25-20)19(26)24-11-13-1-3-15(4-2-13)21(27)28/h1-9,12H,11H2,(H,24,26)(H,27,28). The zero-order chi connectivity index (χ0) is 20.8. The summed E-state index contributed by atoms with van der Waals surface area (Å²) in [6, 6.07) is 14.5. The first-order valence-corrected chi connectivity index (χ1v) is 8.40. The van der Waals surface area contributed by atoms with Crippen molar-refractivity contribution in [1.82, 2.24) is 10.3 Å². The molecule has 144 valence electrons. The SMILES string of the molecule is N#Cc1cnc(Oc2ccc(F)cc2)c(C(=O)NCc2ccc(C(=O)O)cc2)c1. The number of nitriles is 1. The molecule has 0 unspecified atom stereocenters. The zero-order valence-corrected chi connectivity index (χ0v) is 14.9. The van der Waals surface area contributed by atoms with Crippen molar-refractivity contribution in [2.45, 2.75) is 6.54 Å². The molecule has 1 aromatic heterocycles. The van der Waals surface area contributed by atoms with E-state index in [-0.39, 0.29) is 34.9 Å². The van der Waals surface area contributed by atoms with E-state index in [0.29, 0.717) is 5.56 Å². The molecule has 0 aliphatic heterocycles. The predicted molar refractivity (Wildman–Crippen MR) is 100.0 cm³/mol. The quantitative estimate of drug-likeness (QED) is 0.665. The number of carbonyl (C=O) groups is 2. The smallest absolute Gasteiger partial charge is 0.335 e. The van der Waals surface area contributed by atoms with E-state index in [1.807, 2.05) is 6.07 Å². The van der Waals surface area contributed by atoms with Gasteiger partial charge in [-0.2, -0.15) is 5.26 Å². The minimum absolute atomic E-state index is 0.0330. The number of carboxylic acids is 1. The van der Waals surface area contributed by atoms with Gasteiger partial charge in [0.2, 0.25) is 5.88 Å². The first-order valence-electron chi connectivity index (χ1n) is 8.40. The molecular formula is C21H14FN3O4. The van der Waals surface area contributed by atoms with Gasteiger partial charge in [0.25, 0.3) is 5.91 Å². The van der Waals surface area contributed by atoms with E-state index < -0.39 is 17.7 Å². The lowest BCUT2D eigenvalue weighted by Gasteiger charge is -2.11. The van der Waals surface area contributed by atoms with Gasteiger partial charge in [0, 0.05) is 12.7 Å². The maximum absolute atomic E-state index is 13.1. The number of ether oxygens (including phenoxy) is 1. The van der Waals surface area contributed by atoms with Gasteiger partial charge in [-0.1, -0.05) is 12.1 Å². The van der Waals surface area contributed by atoms with E-state index in [1.165, 1.54) is 48.7 Å². The first-order chi connectivity index (χ1) is 14.0. The number of aromatic nitrogens is 1. The van der Waals surface area contributed by atoms with Gasteiger partial charge in [0.15, 0.2) is 0 Å². The molecule has 1 amide bonds. The fourth-order valence-corrected chi connectivity index (χ4v) is 2.41. The molecule has 3 rings (SSSR count). The number of halogens is 1. The van der Waals surface area contributed by atoms with Crippen molar-refractivity contribution in [2.75, 3.05) is 0 Å². The number of carbonyl (C=O) groups excluding carboxylic acids is 1. The zero-order valence-electron chi connectivity index (χ0n) is 14.9. The van der Waals surface area contributed by atoms with Crippen molar-refractivity contribution >= 4 is 11.9 Å². The molecule has 0 saturated carbocycles. The highest BCUT2D eigenvalue weighted by atomic mass is 19.1. The normalized spacial score (nSPS) is 10.1. The van der Waals surface area contributed by atoms with Crippen LogP contribution in [0.15, 0.2) is 60.8 Å². The van der Waals surface area contributed by atoms with Gasteiger partial charge < -0.3 is 15.2 Å². The Balaban J connectivity index is 1.78. The molecule has 0 spiro atoms. The molecule has 3 aromatic rings. The number of pyridine rings is 1. The Kier molecular flexibility index (Phi) is 5.80. The fourth-order valence-electron chi connectivity index (χ4n) is 2.41. The number of benzene rings is 2. The second-order valence-electron chi connectivity index (χ2n) is 5.93. The summed E-state index contributed by atoms with van der Waals surface area (Å²) in [5, 5.41) is 20.7. The average molecular weight is 391 g/mol. The number of amides is 1. The van der Waals surface area contributed by atoms with Crippen LogP contribution in [0.3, 0.4) is 0 Å². The van der Waals surface area contributed by atoms with Crippen LogP contribution in [-0.2, 0) is 6.54 Å². The van der Waals surface area contributed by atoms with Crippen LogP contribution in [0.1, 0.15) is 31.8 Å². The lowest BCUT2D eigenvalue weighted by atomic mass is 10.1. The Labute approximate surface area is 165 Å². The Bertz CT molecular complexity index is 1090. The molecule has 0 saturated heterocycles. The molecule has 0 atom stereocenters. The van der Waals surface area contributed by atoms with E-state index in [0.717, 1.165) is 0 Å². The molecule has 2 aromatic carbocycles. The minimum atomic E-state index is -1.04. The summed E-state index contributed by atoms with van der Waals surface area (Å²) in [6.45, 7) is 0.130. The highest BCUT2D eigenvalue weighted by Crippen LogP contribution is 2.24. The van der Waals surface area contributed by atoms with Crippen molar-refractivity contribution in [3.8, 4) is 17.7 Å². The van der Waals surface area contributed by atoms with Crippen LogP contribution in [0.2, 0.25) is 0 Å². The molecular weight excluding hydrogens is 377 g/mol. The number of nitrogens with one attached hydrogen (secondary N) is 1. The molecule has 0 bridgehead atoms. The first kappa shape index (κ1) is 19.5. The van der Waals surface area contributed by atoms with Gasteiger partial charge in [0.05, 0.1) is 11.1 Å². The van der Waals surface area contributed by atoms with Crippen molar-refractivity contribution < 1.29 is 23.8 Å². The molecule has 1 heterocycles. The van der Waals surface area contributed by atoms with E-state index in [1.54, 1.807) is 12.1 Å². The van der Waals surface area contributed by atoms with Gasteiger partial charge in [-0.15, -0.1) is 0 Å². The minimum Gasteiger partial charge on any atom is -0.478 e. The highest BCUT2D eigenvalue weighted by Gasteiger charge is 2.16. The topological polar surface area (TPSA) is 112 Å². The van der Waals surface area contributed by atoms with Gasteiger partial charge in [0.1, 0.15) is 23.2 Å². The Morgan fingerprint density at radius 1 is 1.14 bits per heavy atom. The summed E-state index contributed by atoms with van der Waals surface area (Å²) in [7, 11) is 0. The molecule has 29 heavy (non-hydrogen) atoms. The van der Waals surface area contributed by atoms with Crippen LogP contribution in [0.25, 0.3) is 0 Å². The van der Waals surface area contributed by atoms with Crippen molar-refractivity contribution in [1.29, 1.82) is 5.26 Å². The number of hydrogen-bond acceptors (Lipinski definition) is 5. The lowest BCUT2D eigenvalue weighted by Crippen LogP contribution is -2.23. The van der Waals surface area contributed by atoms with Gasteiger partial charge >= 0.3 is 5.97 Å². The third kappa shape index (κ3) is 4.93. The van der Waals surface area contributed by atoms with Crippen LogP contribution in [0.4, 0.5) is 4.39 Å². The van der Waals surface area contributed by atoms with E-state index >= 15 is 0 Å². The van der Waals surface area contributed by atoms with Crippen LogP contribution in [0.5, 0.6) is 11.6 Å². The average Bonchev–Trinajstić information content (AvgIpc) is 2.74. The van der Waals surface area contributed by atoms with Crippen LogP contribution >= 0.6 is 0 Å². The second kappa shape index (κ2) is 8.63. The molecule has 2 N–H and O–H groups in total. The Hall–Kier alpha value is -4.25. The Morgan fingerprint density at radius 2 is 1.83 bits per heavy atom. The van der Waals surface area contributed by atoms with Crippen LogP contribution in [0, 0.1) is 17.1 Å². The van der Waals surface area contributed by atoms with E-state index in [2.05, 4.69) is 10.3 Å². The summed E-state index contributed by atoms with van der Waals surface area (Å²) in [5.74, 6) is -1.76. The van der Waals surface area contributed by atoms with Gasteiger partial charge in [-0.05, 0) is 48.0 Å². The number of hydrogen-bond donors (Lipinski definition) is 2. The van der Waals surface area contributed by atoms with Gasteiger partial charge in [-0.3, -0.25) is 4.79 Å². The number of rotatable bonds is 6. The molecule has 0 aliphatic rings. The molecule has 8 heteroatoms. The van der Waals surface area contributed by atoms with Crippen molar-refractivity contribution in [3.05, 3.63) is 88.9 Å². The van der Waals surface area contributed by atoms with Gasteiger partial charge in [-0.25, -0.2) is 14.2 Å². The number of carboxylic acid groups (broad SMARTS) is 1. The lowest BCUT2D eigenvalue weighted by molar-refractivity contribution is 0.0696. The van der Waals surface area contributed by atoms with Crippen LogP contribution < -0.4 is 10.1 Å². The fraction of sp³-hybridized carbons (Fsp3) is 0.0476. The van der Waals surface area contributed by atoms with E-state index in [9.17, 15) is 14.0 Å². The third-order valence-corrected chi connectivity index (χ3v) is 3.91. The van der Waals surface area contributed by atoms with Crippen molar-refractivity contribution in [3.63, 3.8) is 0 Å². The van der Waals surface area contributed by atoms with Crippen molar-refractivity contribution in [2.24, 2.45) is 0 Å². The molecule has 0 fully saturated rings. The molecule has 7 nitrogen and oxygen atoms in total.